The monoisotopic (exact) mass is 241 g/mol. The van der Waals surface area contributed by atoms with Crippen molar-refractivity contribution in [3.63, 3.8) is 0 Å². The van der Waals surface area contributed by atoms with Crippen molar-refractivity contribution in [3.8, 4) is 0 Å². The van der Waals surface area contributed by atoms with Crippen LogP contribution in [0.15, 0.2) is 36.4 Å². The lowest BCUT2D eigenvalue weighted by atomic mass is 9.82. The smallest absolute Gasteiger partial charge is 0.109 e. The molecule has 18 heavy (non-hydrogen) atoms. The van der Waals surface area contributed by atoms with Gasteiger partial charge in [-0.1, -0.05) is 29.8 Å². The Morgan fingerprint density at radius 2 is 2.00 bits per heavy atom. The van der Waals surface area contributed by atoms with Crippen LogP contribution in [0.5, 0.6) is 0 Å². The maximum absolute atomic E-state index is 6.29. The number of hydrogen-bond acceptors (Lipinski definition) is 2. The molecule has 0 unspecified atom stereocenters. The first-order valence-corrected chi connectivity index (χ1v) is 6.81. The molecule has 3 heterocycles. The van der Waals surface area contributed by atoms with Gasteiger partial charge in [0.05, 0.1) is 12.1 Å². The fourth-order valence-corrected chi connectivity index (χ4v) is 3.82. The van der Waals surface area contributed by atoms with Gasteiger partial charge in [0.15, 0.2) is 0 Å². The Hall–Kier alpha value is -1.28. The summed E-state index contributed by atoms with van der Waals surface area (Å²) in [5.74, 6) is 0.661. The normalized spacial score (nSPS) is 40.6. The molecular formula is C16H19NO. The van der Waals surface area contributed by atoms with Crippen LogP contribution in [0.3, 0.4) is 0 Å². The van der Waals surface area contributed by atoms with E-state index in [2.05, 4.69) is 55.2 Å². The van der Waals surface area contributed by atoms with Crippen LogP contribution < -0.4 is 4.90 Å². The summed E-state index contributed by atoms with van der Waals surface area (Å²) >= 11 is 0. The second-order valence-electron chi connectivity index (χ2n) is 6.32. The molecule has 1 aromatic rings. The second kappa shape index (κ2) is 3.18. The van der Waals surface area contributed by atoms with E-state index in [0.717, 1.165) is 13.1 Å². The highest BCUT2D eigenvalue weighted by Crippen LogP contribution is 2.53. The molecule has 0 amide bonds. The zero-order chi connectivity index (χ0) is 12.4. The first-order chi connectivity index (χ1) is 8.59. The lowest BCUT2D eigenvalue weighted by molar-refractivity contribution is -0.0172. The van der Waals surface area contributed by atoms with Crippen LogP contribution in [0.25, 0.3) is 0 Å². The van der Waals surface area contributed by atoms with Gasteiger partial charge in [-0.3, -0.25) is 0 Å². The summed E-state index contributed by atoms with van der Waals surface area (Å²) < 4.78 is 6.29. The lowest BCUT2D eigenvalue weighted by Crippen LogP contribution is -2.33. The Kier molecular flexibility index (Phi) is 1.88. The van der Waals surface area contributed by atoms with E-state index in [1.807, 2.05) is 0 Å². The van der Waals surface area contributed by atoms with E-state index in [4.69, 9.17) is 4.74 Å². The predicted molar refractivity (Wildman–Crippen MR) is 72.9 cm³/mol. The number of fused-ring (bicyclic) bond motifs is 1. The van der Waals surface area contributed by atoms with Gasteiger partial charge in [-0.2, -0.15) is 0 Å². The van der Waals surface area contributed by atoms with Gasteiger partial charge in [0.1, 0.15) is 5.60 Å². The Morgan fingerprint density at radius 3 is 2.67 bits per heavy atom. The van der Waals surface area contributed by atoms with E-state index in [1.54, 1.807) is 0 Å². The van der Waals surface area contributed by atoms with E-state index in [9.17, 15) is 0 Å². The maximum atomic E-state index is 6.29. The quantitative estimate of drug-likeness (QED) is 0.701. The minimum absolute atomic E-state index is 0.000361. The molecule has 2 saturated heterocycles. The molecule has 0 radical (unpaired) electrons. The average Bonchev–Trinajstić information content (AvgIpc) is 2.91. The maximum Gasteiger partial charge on any atom is 0.109 e. The van der Waals surface area contributed by atoms with Crippen LogP contribution in [-0.4, -0.2) is 24.3 Å². The molecule has 1 aromatic carbocycles. The Bertz CT molecular complexity index is 520. The van der Waals surface area contributed by atoms with Crippen LogP contribution >= 0.6 is 0 Å². The van der Waals surface area contributed by atoms with E-state index in [1.165, 1.54) is 17.7 Å². The standard InChI is InChI=1S/C16H19NO/c1-12-3-5-14(6-4-12)17-10-13-9-15(2)7-8-16(13,11-17)18-15/h3-8,13H,9-11H2,1-2H3/t13-,15+,16+/m1/s1. The van der Waals surface area contributed by atoms with Gasteiger partial charge >= 0.3 is 0 Å². The van der Waals surface area contributed by atoms with E-state index in [0.29, 0.717) is 5.92 Å². The Morgan fingerprint density at radius 1 is 1.22 bits per heavy atom. The minimum Gasteiger partial charge on any atom is -0.368 e. The Balaban J connectivity index is 1.62. The molecule has 4 rings (SSSR count). The van der Waals surface area contributed by atoms with Gasteiger partial charge in [-0.05, 0) is 32.4 Å². The molecule has 3 aliphatic heterocycles. The molecule has 2 fully saturated rings. The van der Waals surface area contributed by atoms with Crippen LogP contribution in [0.2, 0.25) is 0 Å². The van der Waals surface area contributed by atoms with Crippen molar-refractivity contribution < 1.29 is 4.74 Å². The van der Waals surface area contributed by atoms with Crippen LogP contribution in [0, 0.1) is 12.8 Å². The molecule has 1 spiro atoms. The van der Waals surface area contributed by atoms with Gasteiger partial charge in [0.2, 0.25) is 0 Å². The number of benzene rings is 1. The van der Waals surface area contributed by atoms with Gasteiger partial charge in [0.25, 0.3) is 0 Å². The van der Waals surface area contributed by atoms with Crippen molar-refractivity contribution in [2.75, 3.05) is 18.0 Å². The van der Waals surface area contributed by atoms with Gasteiger partial charge < -0.3 is 9.64 Å². The van der Waals surface area contributed by atoms with Gasteiger partial charge in [-0.15, -0.1) is 0 Å². The zero-order valence-corrected chi connectivity index (χ0v) is 11.0. The second-order valence-corrected chi connectivity index (χ2v) is 6.32. The molecule has 3 aliphatic rings. The number of anilines is 1. The van der Waals surface area contributed by atoms with Crippen LogP contribution in [0.4, 0.5) is 5.69 Å². The van der Waals surface area contributed by atoms with Crippen molar-refractivity contribution in [2.45, 2.75) is 31.5 Å². The fourth-order valence-electron chi connectivity index (χ4n) is 3.82. The van der Waals surface area contributed by atoms with Crippen molar-refractivity contribution in [1.29, 1.82) is 0 Å². The summed E-state index contributed by atoms with van der Waals surface area (Å²) in [6.45, 7) is 6.48. The topological polar surface area (TPSA) is 12.5 Å². The summed E-state index contributed by atoms with van der Waals surface area (Å²) in [6.07, 6.45) is 5.75. The highest BCUT2D eigenvalue weighted by atomic mass is 16.5. The van der Waals surface area contributed by atoms with Crippen molar-refractivity contribution in [3.05, 3.63) is 42.0 Å². The summed E-state index contributed by atoms with van der Waals surface area (Å²) in [7, 11) is 0. The molecule has 94 valence electrons. The molecule has 0 aromatic heterocycles. The average molecular weight is 241 g/mol. The summed E-state index contributed by atoms with van der Waals surface area (Å²) in [5, 5.41) is 0. The number of rotatable bonds is 1. The van der Waals surface area contributed by atoms with Gasteiger partial charge in [0, 0.05) is 18.2 Å². The highest BCUT2D eigenvalue weighted by molar-refractivity contribution is 5.51. The third-order valence-electron chi connectivity index (χ3n) is 4.76. The first-order valence-electron chi connectivity index (χ1n) is 6.81. The lowest BCUT2D eigenvalue weighted by Gasteiger charge is -2.25. The Labute approximate surface area is 108 Å². The van der Waals surface area contributed by atoms with Crippen molar-refractivity contribution >= 4 is 5.69 Å². The molecule has 0 aliphatic carbocycles. The first kappa shape index (κ1) is 10.6. The minimum atomic E-state index is -0.000361. The molecule has 2 nitrogen and oxygen atoms in total. The third-order valence-corrected chi connectivity index (χ3v) is 4.76. The van der Waals surface area contributed by atoms with Crippen LogP contribution in [0.1, 0.15) is 18.9 Å². The SMILES string of the molecule is Cc1ccc(N2C[C@H]3C[C@]4(C)C=C[C@@]3(C2)O4)cc1. The van der Waals surface area contributed by atoms with E-state index < -0.39 is 0 Å². The molecule has 0 N–H and O–H groups in total. The highest BCUT2D eigenvalue weighted by Gasteiger charge is 2.59. The fraction of sp³-hybridized carbons (Fsp3) is 0.500. The number of ether oxygens (including phenoxy) is 1. The molecule has 2 bridgehead atoms. The summed E-state index contributed by atoms with van der Waals surface area (Å²) in [5.41, 5.74) is 2.67. The molecule has 3 atom stereocenters. The number of aryl methyl sites for hydroxylation is 1. The molecular weight excluding hydrogens is 222 g/mol. The van der Waals surface area contributed by atoms with E-state index >= 15 is 0 Å². The summed E-state index contributed by atoms with van der Waals surface area (Å²) in [6, 6.07) is 8.84. The third kappa shape index (κ3) is 1.33. The van der Waals surface area contributed by atoms with Crippen molar-refractivity contribution in [1.82, 2.24) is 0 Å². The van der Waals surface area contributed by atoms with E-state index in [-0.39, 0.29) is 11.2 Å². The van der Waals surface area contributed by atoms with Gasteiger partial charge in [-0.25, -0.2) is 0 Å². The summed E-state index contributed by atoms with van der Waals surface area (Å²) in [4.78, 5) is 2.47. The number of nitrogens with zero attached hydrogens (tertiary/aromatic N) is 1. The largest absolute Gasteiger partial charge is 0.368 e. The molecule has 2 heteroatoms. The zero-order valence-electron chi connectivity index (χ0n) is 11.0. The van der Waals surface area contributed by atoms with Crippen molar-refractivity contribution in [2.24, 2.45) is 5.92 Å². The molecule has 0 saturated carbocycles. The number of hydrogen-bond donors (Lipinski definition) is 0. The predicted octanol–water partition coefficient (Wildman–Crippen LogP) is 2.92. The van der Waals surface area contributed by atoms with Crippen LogP contribution in [-0.2, 0) is 4.74 Å².